The zero-order valence-corrected chi connectivity index (χ0v) is 15.1. The molecule has 1 fully saturated rings. The van der Waals surface area contributed by atoms with Crippen LogP contribution in [0.5, 0.6) is 5.88 Å². The molecule has 0 atom stereocenters. The highest BCUT2D eigenvalue weighted by Gasteiger charge is 2.17. The van der Waals surface area contributed by atoms with Gasteiger partial charge >= 0.3 is 0 Å². The minimum atomic E-state index is -0.333. The van der Waals surface area contributed by atoms with Crippen molar-refractivity contribution in [3.05, 3.63) is 52.7 Å². The van der Waals surface area contributed by atoms with Gasteiger partial charge in [-0.3, -0.25) is 9.69 Å². The molecular formula is C19H22ClN3O2. The lowest BCUT2D eigenvalue weighted by atomic mass is 10.1. The maximum atomic E-state index is 12.7. The summed E-state index contributed by atoms with van der Waals surface area (Å²) in [5.74, 6) is 0.0582. The number of nitrogens with zero attached hydrogens (tertiary/aromatic N) is 2. The van der Waals surface area contributed by atoms with Crippen molar-refractivity contribution in [1.82, 2.24) is 9.88 Å². The van der Waals surface area contributed by atoms with Crippen molar-refractivity contribution in [1.29, 1.82) is 0 Å². The fourth-order valence-corrected chi connectivity index (χ4v) is 3.15. The highest BCUT2D eigenvalue weighted by molar-refractivity contribution is 6.34. The van der Waals surface area contributed by atoms with E-state index in [-0.39, 0.29) is 11.6 Å². The molecule has 5 nitrogen and oxygen atoms in total. The second kappa shape index (κ2) is 8.32. The molecule has 1 aromatic carbocycles. The Labute approximate surface area is 153 Å². The largest absolute Gasteiger partial charge is 0.478 e. The number of ether oxygens (including phenoxy) is 1. The molecule has 1 aromatic heterocycles. The monoisotopic (exact) mass is 359 g/mol. The molecule has 1 aliphatic heterocycles. The van der Waals surface area contributed by atoms with Crippen LogP contribution in [0.25, 0.3) is 0 Å². The van der Waals surface area contributed by atoms with Crippen molar-refractivity contribution in [2.75, 3.05) is 25.0 Å². The maximum Gasteiger partial charge on any atom is 0.275 e. The molecule has 25 heavy (non-hydrogen) atoms. The van der Waals surface area contributed by atoms with Crippen molar-refractivity contribution in [2.24, 2.45) is 0 Å². The van der Waals surface area contributed by atoms with Gasteiger partial charge < -0.3 is 10.1 Å². The highest BCUT2D eigenvalue weighted by atomic mass is 35.5. The second-order valence-corrected chi connectivity index (χ2v) is 6.41. The Bertz CT molecular complexity index is 745. The first-order valence-electron chi connectivity index (χ1n) is 8.58. The molecule has 0 aliphatic carbocycles. The Balaban J connectivity index is 1.78. The Morgan fingerprint density at radius 3 is 2.76 bits per heavy atom. The quantitative estimate of drug-likeness (QED) is 0.847. The fourth-order valence-electron chi connectivity index (χ4n) is 2.96. The zero-order chi connectivity index (χ0) is 17.6. The molecule has 0 saturated carbocycles. The first-order chi connectivity index (χ1) is 12.2. The lowest BCUT2D eigenvalue weighted by Crippen LogP contribution is -2.21. The van der Waals surface area contributed by atoms with E-state index in [1.807, 2.05) is 31.2 Å². The van der Waals surface area contributed by atoms with Crippen LogP contribution in [0.4, 0.5) is 5.69 Å². The standard InChI is InChI=1S/C19H22ClN3O2/c1-2-25-17-10-9-15(20)18(22-17)19(24)21-16-8-4-3-7-14(16)13-23-11-5-6-12-23/h3-4,7-10H,2,5-6,11-13H2,1H3,(H,21,24). The number of hydrogen-bond acceptors (Lipinski definition) is 4. The van der Waals surface area contributed by atoms with Crippen LogP contribution in [0, 0.1) is 0 Å². The van der Waals surface area contributed by atoms with Crippen LogP contribution >= 0.6 is 11.6 Å². The van der Waals surface area contributed by atoms with Gasteiger partial charge in [-0.25, -0.2) is 4.98 Å². The third-order valence-electron chi connectivity index (χ3n) is 4.19. The summed E-state index contributed by atoms with van der Waals surface area (Å²) in [5.41, 5.74) is 2.05. The molecule has 0 radical (unpaired) electrons. The highest BCUT2D eigenvalue weighted by Crippen LogP contribution is 2.23. The topological polar surface area (TPSA) is 54.5 Å². The molecule has 2 aromatic rings. The third-order valence-corrected chi connectivity index (χ3v) is 4.49. The lowest BCUT2D eigenvalue weighted by Gasteiger charge is -2.18. The van der Waals surface area contributed by atoms with E-state index < -0.39 is 0 Å². The minimum Gasteiger partial charge on any atom is -0.478 e. The van der Waals surface area contributed by atoms with Crippen LogP contribution in [0.3, 0.4) is 0 Å². The van der Waals surface area contributed by atoms with Crippen LogP contribution < -0.4 is 10.1 Å². The van der Waals surface area contributed by atoms with Crippen LogP contribution in [-0.2, 0) is 6.54 Å². The zero-order valence-electron chi connectivity index (χ0n) is 14.3. The van der Waals surface area contributed by atoms with Crippen molar-refractivity contribution in [3.63, 3.8) is 0 Å². The molecule has 0 unspecified atom stereocenters. The summed E-state index contributed by atoms with van der Waals surface area (Å²) in [5, 5.41) is 3.25. The summed E-state index contributed by atoms with van der Waals surface area (Å²) in [7, 11) is 0. The number of hydrogen-bond donors (Lipinski definition) is 1. The number of nitrogens with one attached hydrogen (secondary N) is 1. The van der Waals surface area contributed by atoms with Crippen LogP contribution in [-0.4, -0.2) is 35.5 Å². The molecule has 0 spiro atoms. The summed E-state index contributed by atoms with van der Waals surface area (Å²) in [6.07, 6.45) is 2.47. The Morgan fingerprint density at radius 1 is 1.24 bits per heavy atom. The van der Waals surface area contributed by atoms with Gasteiger partial charge in [-0.2, -0.15) is 0 Å². The summed E-state index contributed by atoms with van der Waals surface area (Å²) < 4.78 is 5.36. The van der Waals surface area contributed by atoms with Crippen molar-refractivity contribution >= 4 is 23.2 Å². The summed E-state index contributed by atoms with van der Waals surface area (Å²) in [4.78, 5) is 19.3. The Hall–Kier alpha value is -2.11. The molecule has 1 aliphatic rings. The van der Waals surface area contributed by atoms with E-state index in [1.54, 1.807) is 12.1 Å². The van der Waals surface area contributed by atoms with Crippen LogP contribution in [0.1, 0.15) is 35.8 Å². The van der Waals surface area contributed by atoms with Gasteiger partial charge in [0.2, 0.25) is 5.88 Å². The molecule has 3 rings (SSSR count). The Morgan fingerprint density at radius 2 is 2.00 bits per heavy atom. The minimum absolute atomic E-state index is 0.170. The number of aromatic nitrogens is 1. The third kappa shape index (κ3) is 4.50. The number of para-hydroxylation sites is 1. The molecule has 6 heteroatoms. The van der Waals surface area contributed by atoms with E-state index in [2.05, 4.69) is 15.2 Å². The number of carbonyl (C=O) groups excluding carboxylic acids is 1. The number of rotatable bonds is 6. The smallest absolute Gasteiger partial charge is 0.275 e. The number of pyridine rings is 1. The van der Waals surface area contributed by atoms with Gasteiger partial charge in [-0.05, 0) is 50.6 Å². The molecule has 1 amide bonds. The number of amides is 1. The number of halogens is 1. The normalized spacial score (nSPS) is 14.5. The van der Waals surface area contributed by atoms with Gasteiger partial charge in [0.05, 0.1) is 11.6 Å². The lowest BCUT2D eigenvalue weighted by molar-refractivity contribution is 0.102. The summed E-state index contributed by atoms with van der Waals surface area (Å²) in [6, 6.07) is 11.1. The summed E-state index contributed by atoms with van der Waals surface area (Å²) >= 11 is 6.15. The first kappa shape index (κ1) is 17.7. The van der Waals surface area contributed by atoms with Crippen LogP contribution in [0.2, 0.25) is 5.02 Å². The Kier molecular flexibility index (Phi) is 5.89. The second-order valence-electron chi connectivity index (χ2n) is 6.01. The first-order valence-corrected chi connectivity index (χ1v) is 8.96. The number of likely N-dealkylation sites (tertiary alicyclic amines) is 1. The van der Waals surface area contributed by atoms with E-state index in [9.17, 15) is 4.79 Å². The average molecular weight is 360 g/mol. The van der Waals surface area contributed by atoms with Crippen LogP contribution in [0.15, 0.2) is 36.4 Å². The fraction of sp³-hybridized carbons (Fsp3) is 0.368. The maximum absolute atomic E-state index is 12.7. The number of benzene rings is 1. The van der Waals surface area contributed by atoms with Gasteiger partial charge in [0.1, 0.15) is 0 Å². The van der Waals surface area contributed by atoms with Gasteiger partial charge in [0.25, 0.3) is 5.91 Å². The molecule has 2 heterocycles. The van der Waals surface area contributed by atoms with E-state index in [0.717, 1.165) is 30.9 Å². The van der Waals surface area contributed by atoms with E-state index >= 15 is 0 Å². The summed E-state index contributed by atoms with van der Waals surface area (Å²) in [6.45, 7) is 5.38. The van der Waals surface area contributed by atoms with Crippen molar-refractivity contribution < 1.29 is 9.53 Å². The average Bonchev–Trinajstić information content (AvgIpc) is 3.11. The van der Waals surface area contributed by atoms with Gasteiger partial charge in [-0.15, -0.1) is 0 Å². The van der Waals surface area contributed by atoms with Gasteiger partial charge in [0, 0.05) is 18.3 Å². The van der Waals surface area contributed by atoms with E-state index in [1.165, 1.54) is 12.8 Å². The van der Waals surface area contributed by atoms with Crippen molar-refractivity contribution in [2.45, 2.75) is 26.3 Å². The molecule has 1 saturated heterocycles. The van der Waals surface area contributed by atoms with E-state index in [0.29, 0.717) is 17.5 Å². The molecule has 0 bridgehead atoms. The number of carbonyl (C=O) groups is 1. The molecule has 1 N–H and O–H groups in total. The number of anilines is 1. The van der Waals surface area contributed by atoms with E-state index in [4.69, 9.17) is 16.3 Å². The van der Waals surface area contributed by atoms with Gasteiger partial charge in [-0.1, -0.05) is 29.8 Å². The molecule has 132 valence electrons. The molecular weight excluding hydrogens is 338 g/mol. The predicted octanol–water partition coefficient (Wildman–Crippen LogP) is 3.98. The predicted molar refractivity (Wildman–Crippen MR) is 99.3 cm³/mol. The SMILES string of the molecule is CCOc1ccc(Cl)c(C(=O)Nc2ccccc2CN2CCCC2)n1. The van der Waals surface area contributed by atoms with Gasteiger partial charge in [0.15, 0.2) is 5.69 Å². The van der Waals surface area contributed by atoms with Crippen molar-refractivity contribution in [3.8, 4) is 5.88 Å².